The maximum Gasteiger partial charge on any atom is 0.338 e. The van der Waals surface area contributed by atoms with Gasteiger partial charge in [0, 0.05) is 5.57 Å². The smallest absolute Gasteiger partial charge is 0.338 e. The predicted molar refractivity (Wildman–Crippen MR) is 69.6 cm³/mol. The van der Waals surface area contributed by atoms with E-state index in [9.17, 15) is 4.79 Å². The number of aryl methyl sites for hydroxylation is 1. The Hall–Kier alpha value is -1.79. The summed E-state index contributed by atoms with van der Waals surface area (Å²) in [6.45, 7) is 6.28. The summed E-state index contributed by atoms with van der Waals surface area (Å²) in [4.78, 5) is 11.2. The minimum Gasteiger partial charge on any atom is -0.462 e. The molecule has 17 heavy (non-hydrogen) atoms. The molecule has 0 fully saturated rings. The Bertz CT molecular complexity index is 452. The quantitative estimate of drug-likeness (QED) is 0.449. The Balaban J connectivity index is 3.04. The SMILES string of the molecule is CCOC(=O)C=C=C(CC)c1ccccc1C. The van der Waals surface area contributed by atoms with Crippen molar-refractivity contribution in [1.29, 1.82) is 0 Å². The summed E-state index contributed by atoms with van der Waals surface area (Å²) >= 11 is 0. The fourth-order valence-electron chi connectivity index (χ4n) is 1.61. The molecule has 1 aromatic carbocycles. The van der Waals surface area contributed by atoms with Gasteiger partial charge in [0.25, 0.3) is 0 Å². The van der Waals surface area contributed by atoms with Crippen LogP contribution in [0.4, 0.5) is 0 Å². The van der Waals surface area contributed by atoms with Crippen molar-refractivity contribution >= 4 is 11.5 Å². The predicted octanol–water partition coefficient (Wildman–Crippen LogP) is 3.51. The van der Waals surface area contributed by atoms with Gasteiger partial charge in [-0.2, -0.15) is 0 Å². The van der Waals surface area contributed by atoms with E-state index in [2.05, 4.69) is 18.7 Å². The number of rotatable bonds is 4. The van der Waals surface area contributed by atoms with Crippen molar-refractivity contribution in [3.63, 3.8) is 0 Å². The number of ether oxygens (including phenoxy) is 1. The second-order valence-electron chi connectivity index (χ2n) is 3.69. The number of benzene rings is 1. The topological polar surface area (TPSA) is 26.3 Å². The number of carbonyl (C=O) groups is 1. The number of carbonyl (C=O) groups excluding carboxylic acids is 1. The number of esters is 1. The average molecular weight is 230 g/mol. The third kappa shape index (κ3) is 3.93. The lowest BCUT2D eigenvalue weighted by Gasteiger charge is -2.05. The molecule has 0 atom stereocenters. The number of hydrogen-bond acceptors (Lipinski definition) is 2. The zero-order chi connectivity index (χ0) is 12.7. The second-order valence-corrected chi connectivity index (χ2v) is 3.69. The Labute approximate surface area is 103 Å². The summed E-state index contributed by atoms with van der Waals surface area (Å²) in [6.07, 6.45) is 2.20. The van der Waals surface area contributed by atoms with Crippen molar-refractivity contribution in [2.75, 3.05) is 6.61 Å². The zero-order valence-corrected chi connectivity index (χ0v) is 10.6. The van der Waals surface area contributed by atoms with E-state index >= 15 is 0 Å². The minimum atomic E-state index is -0.341. The van der Waals surface area contributed by atoms with E-state index in [1.165, 1.54) is 11.6 Å². The van der Waals surface area contributed by atoms with Gasteiger partial charge in [0.2, 0.25) is 0 Å². The van der Waals surface area contributed by atoms with Gasteiger partial charge in [-0.3, -0.25) is 0 Å². The summed E-state index contributed by atoms with van der Waals surface area (Å²) in [6, 6.07) is 8.09. The largest absolute Gasteiger partial charge is 0.462 e. The van der Waals surface area contributed by atoms with Gasteiger partial charge in [0.15, 0.2) is 0 Å². The van der Waals surface area contributed by atoms with E-state index < -0.39 is 0 Å². The third-order valence-electron chi connectivity index (χ3n) is 2.47. The number of hydrogen-bond donors (Lipinski definition) is 0. The van der Waals surface area contributed by atoms with Crippen LogP contribution in [0.25, 0.3) is 5.57 Å². The first kappa shape index (κ1) is 13.3. The van der Waals surface area contributed by atoms with Crippen molar-refractivity contribution in [2.45, 2.75) is 27.2 Å². The molecule has 0 unspecified atom stereocenters. The highest BCUT2D eigenvalue weighted by Crippen LogP contribution is 2.20. The molecule has 1 rings (SSSR count). The second kappa shape index (κ2) is 6.72. The van der Waals surface area contributed by atoms with Crippen LogP contribution in [0.1, 0.15) is 31.4 Å². The molecule has 0 aliphatic rings. The fraction of sp³-hybridized carbons (Fsp3) is 0.333. The fourth-order valence-corrected chi connectivity index (χ4v) is 1.61. The standard InChI is InChI=1S/C15H18O2/c1-4-13(10-11-15(16)17-5-2)14-9-7-6-8-12(14)3/h6-9,11H,4-5H2,1-3H3. The van der Waals surface area contributed by atoms with E-state index in [1.54, 1.807) is 6.92 Å². The molecule has 2 heteroatoms. The maximum absolute atomic E-state index is 11.2. The van der Waals surface area contributed by atoms with Gasteiger partial charge in [-0.25, -0.2) is 4.79 Å². The highest BCUT2D eigenvalue weighted by atomic mass is 16.5. The van der Waals surface area contributed by atoms with Crippen LogP contribution in [0.5, 0.6) is 0 Å². The van der Waals surface area contributed by atoms with Crippen LogP contribution in [0.3, 0.4) is 0 Å². The molecular formula is C15H18O2. The average Bonchev–Trinajstić information content (AvgIpc) is 2.32. The molecule has 0 bridgehead atoms. The molecule has 1 aromatic rings. The molecule has 0 amide bonds. The molecule has 2 nitrogen and oxygen atoms in total. The van der Waals surface area contributed by atoms with Gasteiger partial charge in [-0.15, -0.1) is 5.73 Å². The van der Waals surface area contributed by atoms with Crippen LogP contribution < -0.4 is 0 Å². The van der Waals surface area contributed by atoms with Crippen molar-refractivity contribution < 1.29 is 9.53 Å². The van der Waals surface area contributed by atoms with Gasteiger partial charge in [-0.1, -0.05) is 31.2 Å². The summed E-state index contributed by atoms with van der Waals surface area (Å²) in [5.41, 5.74) is 6.38. The lowest BCUT2D eigenvalue weighted by atomic mass is 9.99. The Morgan fingerprint density at radius 1 is 1.35 bits per heavy atom. The summed E-state index contributed by atoms with van der Waals surface area (Å²) in [7, 11) is 0. The molecule has 0 aliphatic heterocycles. The van der Waals surface area contributed by atoms with E-state index in [0.717, 1.165) is 17.6 Å². The van der Waals surface area contributed by atoms with Gasteiger partial charge in [0.05, 0.1) is 12.7 Å². The molecule has 0 saturated heterocycles. The Morgan fingerprint density at radius 3 is 2.65 bits per heavy atom. The van der Waals surface area contributed by atoms with Crippen LogP contribution in [0, 0.1) is 6.92 Å². The zero-order valence-electron chi connectivity index (χ0n) is 10.6. The van der Waals surface area contributed by atoms with Gasteiger partial charge < -0.3 is 4.74 Å². The molecular weight excluding hydrogens is 212 g/mol. The van der Waals surface area contributed by atoms with Crippen LogP contribution in [-0.4, -0.2) is 12.6 Å². The van der Waals surface area contributed by atoms with Crippen molar-refractivity contribution in [3.8, 4) is 0 Å². The Morgan fingerprint density at radius 2 is 2.06 bits per heavy atom. The van der Waals surface area contributed by atoms with Gasteiger partial charge in [-0.05, 0) is 31.4 Å². The van der Waals surface area contributed by atoms with Gasteiger partial charge in [0.1, 0.15) is 0 Å². The monoisotopic (exact) mass is 230 g/mol. The minimum absolute atomic E-state index is 0.341. The molecule has 90 valence electrons. The lowest BCUT2D eigenvalue weighted by Crippen LogP contribution is -1.98. The molecule has 0 saturated carbocycles. The molecule has 0 radical (unpaired) electrons. The highest BCUT2D eigenvalue weighted by molar-refractivity contribution is 5.83. The van der Waals surface area contributed by atoms with Crippen molar-refractivity contribution in [3.05, 3.63) is 47.2 Å². The van der Waals surface area contributed by atoms with E-state index in [-0.39, 0.29) is 5.97 Å². The van der Waals surface area contributed by atoms with Crippen LogP contribution in [0.15, 0.2) is 36.1 Å². The molecule has 0 aromatic heterocycles. The first-order valence-electron chi connectivity index (χ1n) is 5.87. The summed E-state index contributed by atoms with van der Waals surface area (Å²) in [5.74, 6) is -0.341. The van der Waals surface area contributed by atoms with E-state index in [0.29, 0.717) is 6.61 Å². The molecule has 0 aliphatic carbocycles. The van der Waals surface area contributed by atoms with E-state index in [1.807, 2.05) is 25.1 Å². The normalized spacial score (nSPS) is 9.35. The van der Waals surface area contributed by atoms with Crippen molar-refractivity contribution in [1.82, 2.24) is 0 Å². The van der Waals surface area contributed by atoms with Crippen LogP contribution in [-0.2, 0) is 9.53 Å². The first-order chi connectivity index (χ1) is 8.19. The summed E-state index contributed by atoms with van der Waals surface area (Å²) in [5, 5.41) is 0. The van der Waals surface area contributed by atoms with Gasteiger partial charge >= 0.3 is 5.97 Å². The third-order valence-corrected chi connectivity index (χ3v) is 2.47. The highest BCUT2D eigenvalue weighted by Gasteiger charge is 2.01. The van der Waals surface area contributed by atoms with E-state index in [4.69, 9.17) is 4.74 Å². The Kier molecular flexibility index (Phi) is 5.25. The van der Waals surface area contributed by atoms with Crippen molar-refractivity contribution in [2.24, 2.45) is 0 Å². The molecule has 0 spiro atoms. The molecule has 0 heterocycles. The van der Waals surface area contributed by atoms with Crippen LogP contribution >= 0.6 is 0 Å². The maximum atomic E-state index is 11.2. The molecule has 0 N–H and O–H groups in total. The van der Waals surface area contributed by atoms with Crippen LogP contribution in [0.2, 0.25) is 0 Å². The summed E-state index contributed by atoms with van der Waals surface area (Å²) < 4.78 is 4.83. The lowest BCUT2D eigenvalue weighted by molar-refractivity contribution is -0.137. The first-order valence-corrected chi connectivity index (χ1v) is 5.87.